The number of amides is 1. The minimum absolute atomic E-state index is 0.116. The van der Waals surface area contributed by atoms with E-state index in [1.165, 1.54) is 11.0 Å². The van der Waals surface area contributed by atoms with Crippen molar-refractivity contribution in [3.8, 4) is 0 Å². The first-order valence-electron chi connectivity index (χ1n) is 7.65. The van der Waals surface area contributed by atoms with Crippen LogP contribution in [0.3, 0.4) is 0 Å². The molecule has 0 aromatic heterocycles. The van der Waals surface area contributed by atoms with E-state index >= 15 is 0 Å². The average molecular weight is 318 g/mol. The van der Waals surface area contributed by atoms with Gasteiger partial charge in [-0.25, -0.2) is 9.38 Å². The fraction of sp³-hybridized carbons (Fsp3) is 0.500. The summed E-state index contributed by atoms with van der Waals surface area (Å²) in [5, 5.41) is 3.30. The second-order valence-electron chi connectivity index (χ2n) is 6.78. The van der Waals surface area contributed by atoms with Gasteiger partial charge in [-0.1, -0.05) is 0 Å². The fourth-order valence-corrected chi connectivity index (χ4v) is 3.57. The molecule has 4 rings (SSSR count). The molecule has 7 heteroatoms. The van der Waals surface area contributed by atoms with E-state index in [1.54, 1.807) is 19.2 Å². The smallest absolute Gasteiger partial charge is 0.237 e. The molecule has 122 valence electrons. The number of guanidine groups is 1. The number of anilines is 1. The third-order valence-electron chi connectivity index (χ3n) is 5.24. The SMILES string of the molecule is CN1C(=O)C2(C)C[C@]2(c2cc(NC3COC3)ccc2F)N=C1N. The molecular weight excluding hydrogens is 299 g/mol. The summed E-state index contributed by atoms with van der Waals surface area (Å²) in [7, 11) is 1.60. The summed E-state index contributed by atoms with van der Waals surface area (Å²) in [5.74, 6) is -0.344. The highest BCUT2D eigenvalue weighted by molar-refractivity contribution is 6.04. The Labute approximate surface area is 133 Å². The average Bonchev–Trinajstić information content (AvgIpc) is 3.09. The number of fused-ring (bicyclic) bond motifs is 1. The highest BCUT2D eigenvalue weighted by Crippen LogP contribution is 2.68. The van der Waals surface area contributed by atoms with Gasteiger partial charge in [-0.15, -0.1) is 0 Å². The topological polar surface area (TPSA) is 80.0 Å². The number of hydrogen-bond acceptors (Lipinski definition) is 5. The molecular formula is C16H19FN4O2. The Morgan fingerprint density at radius 3 is 2.87 bits per heavy atom. The molecule has 2 aliphatic heterocycles. The highest BCUT2D eigenvalue weighted by atomic mass is 19.1. The van der Waals surface area contributed by atoms with Gasteiger partial charge >= 0.3 is 0 Å². The van der Waals surface area contributed by atoms with Gasteiger partial charge in [0, 0.05) is 18.3 Å². The van der Waals surface area contributed by atoms with Crippen molar-refractivity contribution in [2.24, 2.45) is 16.1 Å². The molecule has 1 unspecified atom stereocenters. The molecule has 6 nitrogen and oxygen atoms in total. The van der Waals surface area contributed by atoms with Gasteiger partial charge in [0.25, 0.3) is 0 Å². The minimum Gasteiger partial charge on any atom is -0.378 e. The number of aliphatic imine (C=N–C) groups is 1. The number of nitrogens with two attached hydrogens (primary N) is 1. The van der Waals surface area contributed by atoms with Crippen molar-refractivity contribution < 1.29 is 13.9 Å². The van der Waals surface area contributed by atoms with E-state index < -0.39 is 11.0 Å². The summed E-state index contributed by atoms with van der Waals surface area (Å²) in [4.78, 5) is 18.3. The van der Waals surface area contributed by atoms with Crippen LogP contribution in [0, 0.1) is 11.2 Å². The van der Waals surface area contributed by atoms with Crippen LogP contribution in [0.4, 0.5) is 10.1 Å². The van der Waals surface area contributed by atoms with Crippen LogP contribution in [-0.2, 0) is 15.1 Å². The predicted molar refractivity (Wildman–Crippen MR) is 83.4 cm³/mol. The summed E-state index contributed by atoms with van der Waals surface area (Å²) in [6.45, 7) is 3.11. The molecule has 1 saturated heterocycles. The molecule has 3 aliphatic rings. The van der Waals surface area contributed by atoms with Crippen LogP contribution >= 0.6 is 0 Å². The maximum atomic E-state index is 14.5. The number of benzene rings is 1. The van der Waals surface area contributed by atoms with Crippen LogP contribution in [0.1, 0.15) is 18.9 Å². The number of ether oxygens (including phenoxy) is 1. The van der Waals surface area contributed by atoms with Gasteiger partial charge in [-0.2, -0.15) is 0 Å². The predicted octanol–water partition coefficient (Wildman–Crippen LogP) is 1.03. The molecule has 0 bridgehead atoms. The van der Waals surface area contributed by atoms with Gasteiger partial charge in [0.2, 0.25) is 5.91 Å². The largest absolute Gasteiger partial charge is 0.378 e. The number of nitrogens with zero attached hydrogens (tertiary/aromatic N) is 2. The Kier molecular flexibility index (Phi) is 2.79. The molecule has 1 amide bonds. The lowest BCUT2D eigenvalue weighted by Gasteiger charge is -2.31. The molecule has 2 atom stereocenters. The molecule has 2 heterocycles. The van der Waals surface area contributed by atoms with Gasteiger partial charge in [0.05, 0.1) is 24.7 Å². The van der Waals surface area contributed by atoms with E-state index in [9.17, 15) is 9.18 Å². The lowest BCUT2D eigenvalue weighted by Crippen LogP contribution is -2.48. The summed E-state index contributed by atoms with van der Waals surface area (Å²) >= 11 is 0. The molecule has 0 spiro atoms. The van der Waals surface area contributed by atoms with Crippen LogP contribution in [0.25, 0.3) is 0 Å². The first kappa shape index (κ1) is 14.4. The minimum atomic E-state index is -0.890. The molecule has 1 aromatic carbocycles. The first-order chi connectivity index (χ1) is 10.9. The number of nitrogens with one attached hydrogen (secondary N) is 1. The van der Waals surface area contributed by atoms with Crippen molar-refractivity contribution in [1.82, 2.24) is 4.90 Å². The Morgan fingerprint density at radius 1 is 1.48 bits per heavy atom. The molecule has 2 fully saturated rings. The van der Waals surface area contributed by atoms with Crippen LogP contribution in [0.5, 0.6) is 0 Å². The third kappa shape index (κ3) is 1.83. The van der Waals surface area contributed by atoms with Gasteiger partial charge in [0.1, 0.15) is 11.4 Å². The first-order valence-corrected chi connectivity index (χ1v) is 7.65. The number of carbonyl (C=O) groups excluding carboxylic acids is 1. The second kappa shape index (κ2) is 4.44. The van der Waals surface area contributed by atoms with Crippen molar-refractivity contribution in [2.45, 2.75) is 24.9 Å². The molecule has 1 saturated carbocycles. The Morgan fingerprint density at radius 2 is 2.22 bits per heavy atom. The van der Waals surface area contributed by atoms with Crippen molar-refractivity contribution in [3.63, 3.8) is 0 Å². The highest BCUT2D eigenvalue weighted by Gasteiger charge is 2.74. The zero-order chi connectivity index (χ0) is 16.4. The second-order valence-corrected chi connectivity index (χ2v) is 6.78. The van der Waals surface area contributed by atoms with Crippen molar-refractivity contribution in [2.75, 3.05) is 25.6 Å². The summed E-state index contributed by atoms with van der Waals surface area (Å²) in [6.07, 6.45) is 0.469. The van der Waals surface area contributed by atoms with E-state index in [4.69, 9.17) is 10.5 Å². The van der Waals surface area contributed by atoms with Crippen LogP contribution in [0.2, 0.25) is 0 Å². The number of rotatable bonds is 3. The summed E-state index contributed by atoms with van der Waals surface area (Å²) < 4.78 is 19.6. The monoisotopic (exact) mass is 318 g/mol. The van der Waals surface area contributed by atoms with Crippen LogP contribution < -0.4 is 11.1 Å². The number of hydrogen-bond donors (Lipinski definition) is 2. The van der Waals surface area contributed by atoms with E-state index in [0.29, 0.717) is 25.2 Å². The Bertz CT molecular complexity index is 733. The number of halogens is 1. The van der Waals surface area contributed by atoms with Crippen molar-refractivity contribution in [3.05, 3.63) is 29.6 Å². The Balaban J connectivity index is 1.75. The van der Waals surface area contributed by atoms with Crippen LogP contribution in [0.15, 0.2) is 23.2 Å². The third-order valence-corrected chi connectivity index (χ3v) is 5.24. The molecule has 3 N–H and O–H groups in total. The zero-order valence-electron chi connectivity index (χ0n) is 13.1. The normalized spacial score (nSPS) is 32.9. The van der Waals surface area contributed by atoms with Gasteiger partial charge in [0.15, 0.2) is 5.96 Å². The van der Waals surface area contributed by atoms with E-state index in [-0.39, 0.29) is 23.7 Å². The van der Waals surface area contributed by atoms with E-state index in [0.717, 1.165) is 5.69 Å². The lowest BCUT2D eigenvalue weighted by atomic mass is 9.92. The fourth-order valence-electron chi connectivity index (χ4n) is 3.57. The van der Waals surface area contributed by atoms with Crippen molar-refractivity contribution in [1.29, 1.82) is 0 Å². The summed E-state index contributed by atoms with van der Waals surface area (Å²) in [5.41, 5.74) is 5.47. The summed E-state index contributed by atoms with van der Waals surface area (Å²) in [6, 6.07) is 5.09. The number of carbonyl (C=O) groups is 1. The molecule has 0 radical (unpaired) electrons. The quantitative estimate of drug-likeness (QED) is 0.872. The van der Waals surface area contributed by atoms with Gasteiger partial charge in [-0.3, -0.25) is 9.69 Å². The lowest BCUT2D eigenvalue weighted by molar-refractivity contribution is -0.132. The zero-order valence-corrected chi connectivity index (χ0v) is 13.1. The van der Waals surface area contributed by atoms with E-state index in [1.807, 2.05) is 6.92 Å². The van der Waals surface area contributed by atoms with Crippen molar-refractivity contribution >= 4 is 17.6 Å². The Hall–Kier alpha value is -2.15. The molecule has 23 heavy (non-hydrogen) atoms. The van der Waals surface area contributed by atoms with Crippen LogP contribution in [-0.4, -0.2) is 43.1 Å². The molecule has 1 aliphatic carbocycles. The standard InChI is InChI=1S/C16H19FN4O2/c1-15-8-16(15,20-14(18)21(2)13(15)22)11-5-9(3-4-12(11)17)19-10-6-23-7-10/h3-5,10,19H,6-8H2,1-2H3,(H2,18,20)/t15?,16-/m1/s1. The van der Waals surface area contributed by atoms with Gasteiger partial charge < -0.3 is 15.8 Å². The van der Waals surface area contributed by atoms with E-state index in [2.05, 4.69) is 10.3 Å². The molecule has 1 aromatic rings. The maximum Gasteiger partial charge on any atom is 0.237 e. The maximum absolute atomic E-state index is 14.5. The van der Waals surface area contributed by atoms with Gasteiger partial charge in [-0.05, 0) is 31.5 Å².